The second kappa shape index (κ2) is 9.12. The minimum Gasteiger partial charge on any atom is -0.361 e. The van der Waals surface area contributed by atoms with Gasteiger partial charge < -0.3 is 11.1 Å². The van der Waals surface area contributed by atoms with Gasteiger partial charge in [0.2, 0.25) is 0 Å². The number of thioether (sulfide) groups is 1. The second-order valence-corrected chi connectivity index (χ2v) is 6.05. The number of hydrogen-bond acceptors (Lipinski definition) is 8. The molecule has 13 heteroatoms. The Hall–Kier alpha value is -2.70. The molecule has 138 valence electrons. The van der Waals surface area contributed by atoms with E-state index in [0.717, 1.165) is 17.8 Å². The molecule has 2 rings (SSSR count). The molecule has 1 aromatic carbocycles. The Morgan fingerprint density at radius 2 is 2.19 bits per heavy atom. The minimum absolute atomic E-state index is 0.0826. The number of amidine groups is 1. The van der Waals surface area contributed by atoms with Crippen LogP contribution in [0, 0.1) is 5.82 Å². The predicted octanol–water partition coefficient (Wildman–Crippen LogP) is 0.613. The molecule has 0 spiro atoms. The van der Waals surface area contributed by atoms with Gasteiger partial charge in [-0.3, -0.25) is 20.3 Å². The summed E-state index contributed by atoms with van der Waals surface area (Å²) in [7, 11) is 0. The Kier molecular flexibility index (Phi) is 6.89. The first-order valence-corrected chi connectivity index (χ1v) is 8.26. The molecular weight excluding hydrogens is 391 g/mol. The van der Waals surface area contributed by atoms with Crippen LogP contribution >= 0.6 is 23.4 Å². The van der Waals surface area contributed by atoms with Crippen LogP contribution in [0.3, 0.4) is 0 Å². The summed E-state index contributed by atoms with van der Waals surface area (Å²) in [5.41, 5.74) is 7.00. The lowest BCUT2D eigenvalue weighted by atomic mass is 10.3. The van der Waals surface area contributed by atoms with Gasteiger partial charge >= 0.3 is 11.8 Å². The molecule has 2 amide bonds. The third kappa shape index (κ3) is 5.15. The molecule has 0 unspecified atom stereocenters. The first-order valence-electron chi connectivity index (χ1n) is 6.89. The summed E-state index contributed by atoms with van der Waals surface area (Å²) in [6.45, 7) is 0.130. The molecule has 0 radical (unpaired) electrons. The molecule has 1 aromatic heterocycles. The Morgan fingerprint density at radius 1 is 1.42 bits per heavy atom. The Labute approximate surface area is 154 Å². The number of nitrogens with one attached hydrogen (secondary N) is 2. The molecular formula is C13H12ClFN6O4S. The lowest BCUT2D eigenvalue weighted by Crippen LogP contribution is -2.37. The number of hydroxylamine groups is 1. The number of aromatic nitrogens is 2. The van der Waals surface area contributed by atoms with Gasteiger partial charge in [0, 0.05) is 12.3 Å². The molecule has 0 aliphatic heterocycles. The zero-order valence-electron chi connectivity index (χ0n) is 12.9. The van der Waals surface area contributed by atoms with Crippen molar-refractivity contribution in [3.05, 3.63) is 34.7 Å². The van der Waals surface area contributed by atoms with Crippen molar-refractivity contribution in [3.63, 3.8) is 0 Å². The molecule has 0 aliphatic carbocycles. The number of aliphatic imine (C=N–C) groups is 1. The van der Waals surface area contributed by atoms with E-state index in [1.807, 2.05) is 5.48 Å². The lowest BCUT2D eigenvalue weighted by Gasteiger charge is -2.04. The zero-order chi connectivity index (χ0) is 19.1. The Bertz CT molecular complexity index is 846. The third-order valence-corrected chi connectivity index (χ3v) is 4.02. The van der Waals surface area contributed by atoms with Gasteiger partial charge in [-0.15, -0.1) is 0 Å². The molecule has 0 aliphatic rings. The molecule has 26 heavy (non-hydrogen) atoms. The summed E-state index contributed by atoms with van der Waals surface area (Å²) in [4.78, 5) is 25.7. The Balaban J connectivity index is 2.08. The summed E-state index contributed by atoms with van der Waals surface area (Å²) >= 11 is 6.80. The van der Waals surface area contributed by atoms with E-state index >= 15 is 0 Å². The monoisotopic (exact) mass is 402 g/mol. The molecule has 0 saturated heterocycles. The van der Waals surface area contributed by atoms with Crippen LogP contribution in [0.4, 0.5) is 10.1 Å². The van der Waals surface area contributed by atoms with Gasteiger partial charge in [-0.25, -0.2) is 14.0 Å². The number of rotatable bonds is 6. The number of halogens is 2. The van der Waals surface area contributed by atoms with Gasteiger partial charge in [0.25, 0.3) is 0 Å². The van der Waals surface area contributed by atoms with Crippen molar-refractivity contribution < 1.29 is 23.8 Å². The van der Waals surface area contributed by atoms with Crippen LogP contribution in [-0.2, 0) is 9.59 Å². The number of carbonyl (C=O) groups excluding carboxylic acids is 2. The number of primary amides is 1. The van der Waals surface area contributed by atoms with E-state index < -0.39 is 17.6 Å². The maximum absolute atomic E-state index is 13.2. The van der Waals surface area contributed by atoms with Crippen molar-refractivity contribution in [1.29, 1.82) is 0 Å². The number of benzene rings is 1. The first kappa shape index (κ1) is 19.6. The largest absolute Gasteiger partial charge is 0.361 e. The molecule has 1 heterocycles. The van der Waals surface area contributed by atoms with Crippen LogP contribution < -0.4 is 16.5 Å². The average molecular weight is 403 g/mol. The summed E-state index contributed by atoms with van der Waals surface area (Å²) in [6.07, 6.45) is 0. The average Bonchev–Trinajstić information content (AvgIpc) is 3.07. The van der Waals surface area contributed by atoms with Crippen LogP contribution in [0.2, 0.25) is 5.02 Å². The highest BCUT2D eigenvalue weighted by molar-refractivity contribution is 7.99. The van der Waals surface area contributed by atoms with Gasteiger partial charge in [0.1, 0.15) is 5.82 Å². The van der Waals surface area contributed by atoms with E-state index in [4.69, 9.17) is 17.3 Å². The van der Waals surface area contributed by atoms with Crippen LogP contribution in [0.15, 0.2) is 32.8 Å². The van der Waals surface area contributed by atoms with Crippen molar-refractivity contribution in [3.8, 4) is 0 Å². The third-order valence-electron chi connectivity index (χ3n) is 2.78. The van der Waals surface area contributed by atoms with Gasteiger partial charge in [-0.1, -0.05) is 23.4 Å². The quantitative estimate of drug-likeness (QED) is 0.137. The number of nitrogens with two attached hydrogens (primary N) is 1. The van der Waals surface area contributed by atoms with E-state index in [1.54, 1.807) is 0 Å². The topological polar surface area (TPSA) is 156 Å². The van der Waals surface area contributed by atoms with Gasteiger partial charge in [0.15, 0.2) is 16.6 Å². The smallest absolute Gasteiger partial charge is 0.309 e. The van der Waals surface area contributed by atoms with Gasteiger partial charge in [0.05, 0.1) is 10.7 Å². The normalized spacial score (nSPS) is 11.3. The fourth-order valence-electron chi connectivity index (χ4n) is 1.63. The summed E-state index contributed by atoms with van der Waals surface area (Å²) < 4.78 is 17.8. The van der Waals surface area contributed by atoms with Gasteiger partial charge in [-0.2, -0.15) is 0 Å². The first-order chi connectivity index (χ1) is 12.4. The second-order valence-electron chi connectivity index (χ2n) is 4.56. The van der Waals surface area contributed by atoms with Crippen molar-refractivity contribution in [1.82, 2.24) is 21.1 Å². The standard InChI is InChI=1S/C13H12ClFN6O4S/c14-7-5-6(1-2-8(7)15)18-11(19-24)9-13(21-25-20-9)26-4-3-17-12(23)10(16)22/h1-2,5,24H,3-4H2,(H2,16,22)(H,17,23)(H,18,19). The highest BCUT2D eigenvalue weighted by Crippen LogP contribution is 2.24. The fraction of sp³-hybridized carbons (Fsp3) is 0.154. The molecule has 0 atom stereocenters. The van der Waals surface area contributed by atoms with Crippen LogP contribution in [0.25, 0.3) is 0 Å². The van der Waals surface area contributed by atoms with Crippen molar-refractivity contribution in [2.24, 2.45) is 10.7 Å². The predicted molar refractivity (Wildman–Crippen MR) is 89.8 cm³/mol. The lowest BCUT2D eigenvalue weighted by molar-refractivity contribution is -0.137. The number of carbonyl (C=O) groups is 2. The van der Waals surface area contributed by atoms with Crippen molar-refractivity contribution >= 4 is 46.7 Å². The SMILES string of the molecule is NC(=O)C(=O)NCCSc1nonc1C(=Nc1ccc(F)c(Cl)c1)NO. The van der Waals surface area contributed by atoms with Crippen LogP contribution in [0.1, 0.15) is 5.69 Å². The van der Waals surface area contributed by atoms with Crippen molar-refractivity contribution in [2.75, 3.05) is 12.3 Å². The molecule has 2 aromatic rings. The number of hydrogen-bond donors (Lipinski definition) is 4. The number of nitrogens with zero attached hydrogens (tertiary/aromatic N) is 3. The maximum Gasteiger partial charge on any atom is 0.309 e. The molecule has 5 N–H and O–H groups in total. The Morgan fingerprint density at radius 3 is 2.85 bits per heavy atom. The summed E-state index contributed by atoms with van der Waals surface area (Å²) in [5, 5.41) is 19.0. The van der Waals surface area contributed by atoms with Crippen LogP contribution in [0.5, 0.6) is 0 Å². The van der Waals surface area contributed by atoms with E-state index in [-0.39, 0.29) is 33.8 Å². The molecule has 0 fully saturated rings. The molecule has 10 nitrogen and oxygen atoms in total. The number of amides is 2. The van der Waals surface area contributed by atoms with E-state index in [9.17, 15) is 19.2 Å². The fourth-order valence-corrected chi connectivity index (χ4v) is 2.56. The maximum atomic E-state index is 13.2. The van der Waals surface area contributed by atoms with Gasteiger partial charge in [-0.05, 0) is 28.5 Å². The highest BCUT2D eigenvalue weighted by atomic mass is 35.5. The zero-order valence-corrected chi connectivity index (χ0v) is 14.5. The molecule has 0 saturated carbocycles. The van der Waals surface area contributed by atoms with E-state index in [1.165, 1.54) is 12.1 Å². The highest BCUT2D eigenvalue weighted by Gasteiger charge is 2.17. The van der Waals surface area contributed by atoms with E-state index in [2.05, 4.69) is 25.3 Å². The minimum atomic E-state index is -1.09. The molecule has 0 bridgehead atoms. The summed E-state index contributed by atoms with van der Waals surface area (Å²) in [5.74, 6) is -2.41. The van der Waals surface area contributed by atoms with E-state index in [0.29, 0.717) is 5.75 Å². The van der Waals surface area contributed by atoms with Crippen molar-refractivity contribution in [2.45, 2.75) is 5.03 Å². The summed E-state index contributed by atoms with van der Waals surface area (Å²) in [6, 6.07) is 3.72. The van der Waals surface area contributed by atoms with Crippen LogP contribution in [-0.4, -0.2) is 45.5 Å².